The molecule has 0 unspecified atom stereocenters. The highest BCUT2D eigenvalue weighted by Gasteiger charge is 2.91. The number of carbonyl (C=O) groups excluding carboxylic acids is 2. The van der Waals surface area contributed by atoms with Crippen LogP contribution < -0.4 is 0 Å². The number of aliphatic hydroxyl groups excluding tert-OH is 3. The van der Waals surface area contributed by atoms with Gasteiger partial charge in [-0.2, -0.15) is 0 Å². The molecule has 2 saturated heterocycles. The van der Waals surface area contributed by atoms with Crippen molar-refractivity contribution in [3.05, 3.63) is 11.6 Å². The molecule has 10 heteroatoms. The van der Waals surface area contributed by atoms with Crippen molar-refractivity contribution >= 4 is 11.8 Å². The normalized spacial score (nSPS) is 61.7. The van der Waals surface area contributed by atoms with Gasteiger partial charge in [-0.25, -0.2) is 4.79 Å². The second-order valence-electron chi connectivity index (χ2n) is 10.0. The third kappa shape index (κ3) is 1.69. The standard InChI is InChI=1S/C20H26O10/c1-7-4-9(21)11(22)16(2)8(7)5-10-18-6-29-19(27,14(16)18)15(25)17(3,26)20(18,28)12(23)13(24)30-10/h4,8,10-12,14-15,22-23,25-28H,5-6H2,1-3H3/t8-,10-,11-,12+,14-,15-,16-,17-,18-,19-,20-/m1/s1. The molecule has 5 rings (SSSR count). The summed E-state index contributed by atoms with van der Waals surface area (Å²) in [6.45, 7) is 3.77. The van der Waals surface area contributed by atoms with Crippen molar-refractivity contribution in [3.8, 4) is 0 Å². The fourth-order valence-electron chi connectivity index (χ4n) is 7.62. The van der Waals surface area contributed by atoms with Gasteiger partial charge < -0.3 is 40.1 Å². The molecule has 30 heavy (non-hydrogen) atoms. The predicted molar refractivity (Wildman–Crippen MR) is 95.3 cm³/mol. The lowest BCUT2D eigenvalue weighted by molar-refractivity contribution is -0.409. The Morgan fingerprint density at radius 3 is 2.33 bits per heavy atom. The van der Waals surface area contributed by atoms with Crippen molar-refractivity contribution in [2.45, 2.75) is 68.6 Å². The molecule has 2 heterocycles. The van der Waals surface area contributed by atoms with Crippen LogP contribution in [0.5, 0.6) is 0 Å². The summed E-state index contributed by atoms with van der Waals surface area (Å²) in [4.78, 5) is 25.1. The number of hydrogen-bond donors (Lipinski definition) is 6. The van der Waals surface area contributed by atoms with Gasteiger partial charge in [-0.15, -0.1) is 0 Å². The maximum Gasteiger partial charge on any atom is 0.338 e. The van der Waals surface area contributed by atoms with Gasteiger partial charge in [0.25, 0.3) is 0 Å². The highest BCUT2D eigenvalue weighted by molar-refractivity contribution is 5.96. The van der Waals surface area contributed by atoms with E-state index in [9.17, 15) is 40.2 Å². The lowest BCUT2D eigenvalue weighted by Crippen LogP contribution is -2.89. The minimum Gasteiger partial charge on any atom is -0.460 e. The van der Waals surface area contributed by atoms with E-state index < -0.39 is 82.4 Å². The number of ketones is 1. The molecule has 11 atom stereocenters. The van der Waals surface area contributed by atoms with Gasteiger partial charge in [0.05, 0.1) is 12.0 Å². The molecule has 166 valence electrons. The number of aliphatic hydroxyl groups is 6. The Hall–Kier alpha value is -1.40. The average molecular weight is 426 g/mol. The maximum absolute atomic E-state index is 12.6. The molecule has 3 aliphatic carbocycles. The topological polar surface area (TPSA) is 174 Å². The van der Waals surface area contributed by atoms with Gasteiger partial charge in [-0.05, 0) is 32.3 Å². The number of esters is 1. The van der Waals surface area contributed by atoms with Crippen LogP contribution in [0.2, 0.25) is 0 Å². The van der Waals surface area contributed by atoms with Crippen LogP contribution in [0.25, 0.3) is 0 Å². The molecule has 2 bridgehead atoms. The SMILES string of the molecule is CC1=CC(=O)[C@@H](O)[C@@]2(C)[C@@H]1C[C@H]1OC(=O)[C@H](O)[C@]3(O)[C@]14CO[C@](O)([C@H]24)[C@H](O)[C@@]3(C)O. The molecule has 1 spiro atoms. The smallest absolute Gasteiger partial charge is 0.338 e. The Morgan fingerprint density at radius 2 is 1.70 bits per heavy atom. The van der Waals surface area contributed by atoms with Crippen LogP contribution in [0, 0.1) is 22.7 Å². The third-order valence-corrected chi connectivity index (χ3v) is 8.93. The molecule has 0 aromatic rings. The van der Waals surface area contributed by atoms with Crippen molar-refractivity contribution in [1.82, 2.24) is 0 Å². The van der Waals surface area contributed by atoms with E-state index in [1.165, 1.54) is 6.08 Å². The fraction of sp³-hybridized carbons (Fsp3) is 0.800. The first-order valence-electron chi connectivity index (χ1n) is 10.00. The van der Waals surface area contributed by atoms with Gasteiger partial charge in [0.15, 0.2) is 17.7 Å². The maximum atomic E-state index is 12.6. The van der Waals surface area contributed by atoms with Crippen LogP contribution in [0.4, 0.5) is 0 Å². The van der Waals surface area contributed by atoms with Gasteiger partial charge >= 0.3 is 5.97 Å². The van der Waals surface area contributed by atoms with E-state index >= 15 is 0 Å². The second-order valence-corrected chi connectivity index (χ2v) is 10.0. The molecule has 2 saturated carbocycles. The predicted octanol–water partition coefficient (Wildman–Crippen LogP) is -2.63. The first kappa shape index (κ1) is 20.5. The Kier molecular flexibility index (Phi) is 3.63. The monoisotopic (exact) mass is 426 g/mol. The van der Waals surface area contributed by atoms with E-state index in [1.54, 1.807) is 13.8 Å². The summed E-state index contributed by atoms with van der Waals surface area (Å²) in [6, 6.07) is 0. The van der Waals surface area contributed by atoms with Crippen molar-refractivity contribution < 1.29 is 49.7 Å². The molecule has 0 aromatic heterocycles. The van der Waals surface area contributed by atoms with Crippen molar-refractivity contribution in [2.24, 2.45) is 22.7 Å². The molecule has 5 aliphatic rings. The lowest BCUT2D eigenvalue weighted by atomic mass is 9.36. The molecule has 4 fully saturated rings. The molecule has 10 nitrogen and oxygen atoms in total. The lowest BCUT2D eigenvalue weighted by Gasteiger charge is -2.71. The van der Waals surface area contributed by atoms with Gasteiger partial charge in [0, 0.05) is 11.3 Å². The number of allylic oxidation sites excluding steroid dienone is 1. The van der Waals surface area contributed by atoms with Crippen molar-refractivity contribution in [1.29, 1.82) is 0 Å². The number of rotatable bonds is 0. The van der Waals surface area contributed by atoms with Crippen LogP contribution in [-0.2, 0) is 19.1 Å². The summed E-state index contributed by atoms with van der Waals surface area (Å²) in [5.74, 6) is -6.18. The summed E-state index contributed by atoms with van der Waals surface area (Å²) < 4.78 is 11.1. The van der Waals surface area contributed by atoms with E-state index in [0.29, 0.717) is 5.57 Å². The fourth-order valence-corrected chi connectivity index (χ4v) is 7.62. The molecular formula is C20H26O10. The summed E-state index contributed by atoms with van der Waals surface area (Å²) in [7, 11) is 0. The highest BCUT2D eigenvalue weighted by atomic mass is 16.7. The zero-order valence-electron chi connectivity index (χ0n) is 16.8. The van der Waals surface area contributed by atoms with Crippen LogP contribution in [0.1, 0.15) is 27.2 Å². The van der Waals surface area contributed by atoms with E-state index in [-0.39, 0.29) is 6.42 Å². The summed E-state index contributed by atoms with van der Waals surface area (Å²) >= 11 is 0. The number of fused-ring (bicyclic) bond motifs is 1. The Balaban J connectivity index is 1.86. The van der Waals surface area contributed by atoms with Gasteiger partial charge in [-0.3, -0.25) is 4.79 Å². The average Bonchev–Trinajstić information content (AvgIpc) is 2.99. The number of hydrogen-bond acceptors (Lipinski definition) is 10. The minimum absolute atomic E-state index is 0.0616. The zero-order chi connectivity index (χ0) is 22.2. The van der Waals surface area contributed by atoms with Crippen LogP contribution in [-0.4, -0.2) is 90.4 Å². The molecule has 2 aliphatic heterocycles. The van der Waals surface area contributed by atoms with Gasteiger partial charge in [-0.1, -0.05) is 12.5 Å². The van der Waals surface area contributed by atoms with E-state index in [4.69, 9.17) is 9.47 Å². The van der Waals surface area contributed by atoms with Gasteiger partial charge in [0.1, 0.15) is 29.5 Å². The molecule has 0 radical (unpaired) electrons. The molecule has 0 amide bonds. The quantitative estimate of drug-likeness (QED) is 0.225. The Labute approximate surface area is 171 Å². The van der Waals surface area contributed by atoms with Crippen LogP contribution >= 0.6 is 0 Å². The highest BCUT2D eigenvalue weighted by Crippen LogP contribution is 2.75. The third-order valence-electron chi connectivity index (χ3n) is 8.93. The number of ether oxygens (including phenoxy) is 2. The van der Waals surface area contributed by atoms with Crippen LogP contribution in [0.15, 0.2) is 11.6 Å². The van der Waals surface area contributed by atoms with Gasteiger partial charge in [0.2, 0.25) is 0 Å². The summed E-state index contributed by atoms with van der Waals surface area (Å²) in [5, 5.41) is 67.2. The Bertz CT molecular complexity index is 898. The number of carbonyl (C=O) groups is 2. The largest absolute Gasteiger partial charge is 0.460 e. The molecule has 0 aromatic carbocycles. The summed E-state index contributed by atoms with van der Waals surface area (Å²) in [6.07, 6.45) is -5.79. The second kappa shape index (κ2) is 5.32. The van der Waals surface area contributed by atoms with E-state index in [2.05, 4.69) is 0 Å². The molecule has 6 N–H and O–H groups in total. The van der Waals surface area contributed by atoms with Crippen LogP contribution in [0.3, 0.4) is 0 Å². The van der Waals surface area contributed by atoms with Crippen molar-refractivity contribution in [3.63, 3.8) is 0 Å². The minimum atomic E-state index is -2.68. The van der Waals surface area contributed by atoms with E-state index in [0.717, 1.165) is 6.92 Å². The first-order valence-corrected chi connectivity index (χ1v) is 10.00. The Morgan fingerprint density at radius 1 is 1.07 bits per heavy atom. The molecular weight excluding hydrogens is 400 g/mol. The summed E-state index contributed by atoms with van der Waals surface area (Å²) in [5.41, 5.74) is -7.92. The van der Waals surface area contributed by atoms with E-state index in [1.807, 2.05) is 0 Å². The van der Waals surface area contributed by atoms with Crippen molar-refractivity contribution in [2.75, 3.05) is 6.61 Å². The first-order chi connectivity index (χ1) is 13.7. The zero-order valence-corrected chi connectivity index (χ0v) is 16.8.